The molecule has 1 aliphatic rings. The molecule has 0 N–H and O–H groups in total. The molecule has 0 amide bonds. The lowest BCUT2D eigenvalue weighted by Crippen LogP contribution is -2.46. The van der Waals surface area contributed by atoms with Crippen molar-refractivity contribution in [2.75, 3.05) is 45.2 Å². The predicted octanol–water partition coefficient (Wildman–Crippen LogP) is 1.40. The molecule has 1 atom stereocenters. The number of hydrogen-bond acceptors (Lipinski definition) is 5. The summed E-state index contributed by atoms with van der Waals surface area (Å²) < 4.78 is 5.83. The van der Waals surface area contributed by atoms with Crippen LogP contribution in [0.4, 0.5) is 5.82 Å². The molecule has 1 aromatic carbocycles. The first-order valence-electron chi connectivity index (χ1n) is 6.95. The third-order valence-electron chi connectivity index (χ3n) is 3.53. The van der Waals surface area contributed by atoms with E-state index in [1.54, 1.807) is 6.33 Å². The van der Waals surface area contributed by atoms with Crippen LogP contribution >= 0.6 is 0 Å². The van der Waals surface area contributed by atoms with Crippen molar-refractivity contribution in [1.82, 2.24) is 14.9 Å². The lowest BCUT2D eigenvalue weighted by Gasteiger charge is -2.35. The summed E-state index contributed by atoms with van der Waals surface area (Å²) in [5.74, 6) is 1.02. The van der Waals surface area contributed by atoms with Crippen molar-refractivity contribution in [1.29, 1.82) is 0 Å². The topological polar surface area (TPSA) is 41.5 Å². The highest BCUT2D eigenvalue weighted by Gasteiger charge is 2.23. The quantitative estimate of drug-likeness (QED) is 0.845. The molecule has 2 heterocycles. The third-order valence-corrected chi connectivity index (χ3v) is 3.53. The first-order chi connectivity index (χ1) is 9.74. The highest BCUT2D eigenvalue weighted by atomic mass is 16.5. The van der Waals surface area contributed by atoms with E-state index in [2.05, 4.69) is 39.9 Å². The number of aromatic nitrogens is 2. The summed E-state index contributed by atoms with van der Waals surface area (Å²) in [6.45, 7) is 3.43. The van der Waals surface area contributed by atoms with E-state index in [4.69, 9.17) is 4.74 Å². The minimum absolute atomic E-state index is 0.229. The van der Waals surface area contributed by atoms with Gasteiger partial charge in [0.15, 0.2) is 0 Å². The first-order valence-corrected chi connectivity index (χ1v) is 6.95. The Morgan fingerprint density at radius 1 is 1.30 bits per heavy atom. The lowest BCUT2D eigenvalue weighted by molar-refractivity contribution is 0.0246. The van der Waals surface area contributed by atoms with E-state index in [1.165, 1.54) is 0 Å². The Bertz CT molecular complexity index is 582. The molecule has 0 radical (unpaired) electrons. The van der Waals surface area contributed by atoms with Crippen LogP contribution in [-0.2, 0) is 4.74 Å². The minimum atomic E-state index is 0.229. The van der Waals surface area contributed by atoms with Crippen LogP contribution in [0.3, 0.4) is 0 Å². The van der Waals surface area contributed by atoms with E-state index in [0.717, 1.165) is 43.0 Å². The van der Waals surface area contributed by atoms with Gasteiger partial charge in [-0.15, -0.1) is 0 Å². The molecule has 20 heavy (non-hydrogen) atoms. The van der Waals surface area contributed by atoms with Crippen molar-refractivity contribution >= 4 is 16.7 Å². The van der Waals surface area contributed by atoms with Gasteiger partial charge in [-0.3, -0.25) is 0 Å². The average Bonchev–Trinajstić information content (AvgIpc) is 2.46. The molecular formula is C15H20N4O. The van der Waals surface area contributed by atoms with Crippen LogP contribution in [0.15, 0.2) is 30.6 Å². The summed E-state index contributed by atoms with van der Waals surface area (Å²) in [4.78, 5) is 13.3. The zero-order valence-electron chi connectivity index (χ0n) is 12.0. The van der Waals surface area contributed by atoms with Crippen molar-refractivity contribution in [2.24, 2.45) is 0 Å². The summed E-state index contributed by atoms with van der Waals surface area (Å²) in [6.07, 6.45) is 1.88. The SMILES string of the molecule is CN(C)CC1CN(c2ncnc3ccccc23)CCO1. The van der Waals surface area contributed by atoms with Gasteiger partial charge >= 0.3 is 0 Å². The zero-order chi connectivity index (χ0) is 13.9. The second-order valence-corrected chi connectivity index (χ2v) is 5.42. The van der Waals surface area contributed by atoms with E-state index in [-0.39, 0.29) is 6.10 Å². The molecule has 1 unspecified atom stereocenters. The maximum absolute atomic E-state index is 5.83. The number of morpholine rings is 1. The molecule has 0 spiro atoms. The molecule has 1 aliphatic heterocycles. The Morgan fingerprint density at radius 2 is 2.15 bits per heavy atom. The second kappa shape index (κ2) is 5.73. The third kappa shape index (κ3) is 2.73. The summed E-state index contributed by atoms with van der Waals surface area (Å²) in [5, 5.41) is 1.11. The van der Waals surface area contributed by atoms with Gasteiger partial charge < -0.3 is 14.5 Å². The van der Waals surface area contributed by atoms with Crippen molar-refractivity contribution in [3.05, 3.63) is 30.6 Å². The Balaban J connectivity index is 1.87. The number of fused-ring (bicyclic) bond motifs is 1. The van der Waals surface area contributed by atoms with Gasteiger partial charge in [0.05, 0.1) is 18.2 Å². The van der Waals surface area contributed by atoms with Crippen LogP contribution in [0.5, 0.6) is 0 Å². The van der Waals surface area contributed by atoms with Gasteiger partial charge in [-0.1, -0.05) is 12.1 Å². The maximum Gasteiger partial charge on any atom is 0.140 e. The standard InChI is InChI=1S/C15H20N4O/c1-18(2)9-12-10-19(7-8-20-12)15-13-5-3-4-6-14(13)16-11-17-15/h3-6,11-12H,7-10H2,1-2H3. The van der Waals surface area contributed by atoms with Gasteiger partial charge in [0.1, 0.15) is 12.1 Å². The van der Waals surface area contributed by atoms with Crippen molar-refractivity contribution in [3.8, 4) is 0 Å². The predicted molar refractivity (Wildman–Crippen MR) is 80.0 cm³/mol. The average molecular weight is 272 g/mol. The van der Waals surface area contributed by atoms with Crippen molar-refractivity contribution in [2.45, 2.75) is 6.10 Å². The van der Waals surface area contributed by atoms with Crippen LogP contribution in [0.25, 0.3) is 10.9 Å². The Labute approximate surface area is 119 Å². The van der Waals surface area contributed by atoms with Crippen LogP contribution in [0, 0.1) is 0 Å². The highest BCUT2D eigenvalue weighted by Crippen LogP contribution is 2.24. The van der Waals surface area contributed by atoms with Crippen molar-refractivity contribution < 1.29 is 4.74 Å². The van der Waals surface area contributed by atoms with Crippen LogP contribution in [0.1, 0.15) is 0 Å². The van der Waals surface area contributed by atoms with E-state index in [1.807, 2.05) is 18.2 Å². The number of nitrogens with zero attached hydrogens (tertiary/aromatic N) is 4. The smallest absolute Gasteiger partial charge is 0.140 e. The molecule has 5 heteroatoms. The number of hydrogen-bond donors (Lipinski definition) is 0. The molecule has 2 aromatic rings. The molecule has 5 nitrogen and oxygen atoms in total. The van der Waals surface area contributed by atoms with Gasteiger partial charge in [0.25, 0.3) is 0 Å². The second-order valence-electron chi connectivity index (χ2n) is 5.42. The Kier molecular flexibility index (Phi) is 3.80. The van der Waals surface area contributed by atoms with Crippen LogP contribution in [-0.4, -0.2) is 61.3 Å². The number of anilines is 1. The molecule has 3 rings (SSSR count). The van der Waals surface area contributed by atoms with Gasteiger partial charge in [0.2, 0.25) is 0 Å². The van der Waals surface area contributed by atoms with Gasteiger partial charge in [-0.25, -0.2) is 9.97 Å². The molecular weight excluding hydrogens is 252 g/mol. The summed E-state index contributed by atoms with van der Waals surface area (Å²) in [5.41, 5.74) is 0.994. The molecule has 0 bridgehead atoms. The van der Waals surface area contributed by atoms with E-state index >= 15 is 0 Å². The minimum Gasteiger partial charge on any atom is -0.373 e. The number of para-hydroxylation sites is 1. The highest BCUT2D eigenvalue weighted by molar-refractivity contribution is 5.89. The zero-order valence-corrected chi connectivity index (χ0v) is 12.0. The molecule has 1 aromatic heterocycles. The fourth-order valence-corrected chi connectivity index (χ4v) is 2.67. The molecule has 1 fully saturated rings. The largest absolute Gasteiger partial charge is 0.373 e. The van der Waals surface area contributed by atoms with Crippen LogP contribution < -0.4 is 4.90 Å². The van der Waals surface area contributed by atoms with E-state index < -0.39 is 0 Å². The summed E-state index contributed by atoms with van der Waals surface area (Å²) in [6, 6.07) is 8.15. The lowest BCUT2D eigenvalue weighted by atomic mass is 10.2. The van der Waals surface area contributed by atoms with Gasteiger partial charge in [-0.05, 0) is 26.2 Å². The van der Waals surface area contributed by atoms with E-state index in [0.29, 0.717) is 0 Å². The maximum atomic E-state index is 5.83. The normalized spacial score (nSPS) is 19.8. The molecule has 1 saturated heterocycles. The van der Waals surface area contributed by atoms with Gasteiger partial charge in [0, 0.05) is 25.0 Å². The fourth-order valence-electron chi connectivity index (χ4n) is 2.67. The number of ether oxygens (including phenoxy) is 1. The number of likely N-dealkylation sites (N-methyl/N-ethyl adjacent to an activating group) is 1. The number of benzene rings is 1. The van der Waals surface area contributed by atoms with E-state index in [9.17, 15) is 0 Å². The fraction of sp³-hybridized carbons (Fsp3) is 0.467. The van der Waals surface area contributed by atoms with Crippen LogP contribution in [0.2, 0.25) is 0 Å². The molecule has 0 aliphatic carbocycles. The van der Waals surface area contributed by atoms with Crippen molar-refractivity contribution in [3.63, 3.8) is 0 Å². The van der Waals surface area contributed by atoms with Gasteiger partial charge in [-0.2, -0.15) is 0 Å². The summed E-state index contributed by atoms with van der Waals surface area (Å²) >= 11 is 0. The monoisotopic (exact) mass is 272 g/mol. The Hall–Kier alpha value is -1.72. The molecule has 0 saturated carbocycles. The summed E-state index contributed by atoms with van der Waals surface area (Å²) in [7, 11) is 4.14. The Morgan fingerprint density at radius 3 is 3.00 bits per heavy atom. The first kappa shape index (κ1) is 13.3. The molecule has 106 valence electrons. The number of rotatable bonds is 3.